The summed E-state index contributed by atoms with van der Waals surface area (Å²) in [6.07, 6.45) is 2.44. The molecule has 1 aromatic rings. The fourth-order valence-electron chi connectivity index (χ4n) is 2.85. The molecule has 0 aromatic heterocycles. The van der Waals surface area contributed by atoms with E-state index in [1.807, 2.05) is 6.92 Å². The fraction of sp³-hybridized carbons (Fsp3) is 0.562. The third-order valence-corrected chi connectivity index (χ3v) is 4.13. The number of piperidine rings is 1. The summed E-state index contributed by atoms with van der Waals surface area (Å²) in [6.45, 7) is 0.882. The maximum absolute atomic E-state index is 13.6. The smallest absolute Gasteiger partial charge is 0.387 e. The highest BCUT2D eigenvalue weighted by atomic mass is 35.5. The average molecular weight is 367 g/mol. The van der Waals surface area contributed by atoms with Crippen LogP contribution in [0.1, 0.15) is 26.2 Å². The maximum Gasteiger partial charge on any atom is 0.387 e. The minimum atomic E-state index is -3.09. The van der Waals surface area contributed by atoms with E-state index in [0.29, 0.717) is 12.3 Å². The number of carbonyl (C=O) groups is 1. The van der Waals surface area contributed by atoms with Crippen LogP contribution in [0.5, 0.6) is 5.75 Å². The minimum Gasteiger partial charge on any atom is -0.432 e. The summed E-state index contributed by atoms with van der Waals surface area (Å²) in [5.41, 5.74) is 0.228. The van der Waals surface area contributed by atoms with Crippen LogP contribution in [0.4, 0.5) is 18.9 Å². The van der Waals surface area contributed by atoms with Crippen molar-refractivity contribution >= 4 is 24.0 Å². The molecule has 1 heterocycles. The van der Waals surface area contributed by atoms with E-state index in [1.165, 1.54) is 6.07 Å². The number of carbonyl (C=O) groups excluding carboxylic acids is 1. The van der Waals surface area contributed by atoms with E-state index >= 15 is 0 Å². The van der Waals surface area contributed by atoms with Gasteiger partial charge < -0.3 is 15.4 Å². The Morgan fingerprint density at radius 2 is 2.04 bits per heavy atom. The van der Waals surface area contributed by atoms with Gasteiger partial charge in [-0.05, 0) is 49.9 Å². The molecule has 1 aliphatic heterocycles. The van der Waals surface area contributed by atoms with Gasteiger partial charge in [-0.2, -0.15) is 8.78 Å². The average Bonchev–Trinajstić information content (AvgIpc) is 2.50. The Kier molecular flexibility index (Phi) is 8.35. The Balaban J connectivity index is 0.00000288. The molecule has 2 rings (SSSR count). The van der Waals surface area contributed by atoms with Crippen LogP contribution in [-0.4, -0.2) is 25.6 Å². The largest absolute Gasteiger partial charge is 0.432 e. The minimum absolute atomic E-state index is 0. The molecule has 1 unspecified atom stereocenters. The third kappa shape index (κ3) is 6.20. The van der Waals surface area contributed by atoms with E-state index in [2.05, 4.69) is 15.4 Å². The third-order valence-electron chi connectivity index (χ3n) is 4.13. The van der Waals surface area contributed by atoms with Gasteiger partial charge in [0.15, 0.2) is 11.6 Å². The Morgan fingerprint density at radius 1 is 1.38 bits per heavy atom. The van der Waals surface area contributed by atoms with E-state index in [1.54, 1.807) is 0 Å². The molecular weight excluding hydrogens is 345 g/mol. The Morgan fingerprint density at radius 3 is 2.62 bits per heavy atom. The first-order valence-corrected chi connectivity index (χ1v) is 7.70. The normalized spacial score (nSPS) is 16.4. The van der Waals surface area contributed by atoms with Crippen LogP contribution in [0.3, 0.4) is 0 Å². The van der Waals surface area contributed by atoms with Crippen LogP contribution in [0, 0.1) is 17.7 Å². The Hall–Kier alpha value is -1.47. The first-order valence-electron chi connectivity index (χ1n) is 7.70. The van der Waals surface area contributed by atoms with Crippen LogP contribution in [-0.2, 0) is 4.79 Å². The summed E-state index contributed by atoms with van der Waals surface area (Å²) >= 11 is 0. The van der Waals surface area contributed by atoms with Crippen molar-refractivity contribution in [1.82, 2.24) is 5.32 Å². The lowest BCUT2D eigenvalue weighted by Gasteiger charge is -2.27. The van der Waals surface area contributed by atoms with Crippen molar-refractivity contribution in [1.29, 1.82) is 0 Å². The van der Waals surface area contributed by atoms with Crippen LogP contribution < -0.4 is 15.4 Å². The Labute approximate surface area is 145 Å². The topological polar surface area (TPSA) is 50.4 Å². The van der Waals surface area contributed by atoms with Gasteiger partial charge in [-0.25, -0.2) is 4.39 Å². The van der Waals surface area contributed by atoms with Crippen molar-refractivity contribution < 1.29 is 22.7 Å². The quantitative estimate of drug-likeness (QED) is 0.804. The predicted octanol–water partition coefficient (Wildman–Crippen LogP) is 3.81. The number of amides is 1. The van der Waals surface area contributed by atoms with Crippen LogP contribution >= 0.6 is 12.4 Å². The second kappa shape index (κ2) is 9.74. The van der Waals surface area contributed by atoms with Gasteiger partial charge >= 0.3 is 6.61 Å². The van der Waals surface area contributed by atoms with Gasteiger partial charge in [-0.15, -0.1) is 12.4 Å². The summed E-state index contributed by atoms with van der Waals surface area (Å²) in [5.74, 6) is -0.947. The number of nitrogens with one attached hydrogen (secondary N) is 2. The van der Waals surface area contributed by atoms with Crippen molar-refractivity contribution in [2.75, 3.05) is 18.4 Å². The van der Waals surface area contributed by atoms with Crippen molar-refractivity contribution in [2.45, 2.75) is 32.8 Å². The summed E-state index contributed by atoms with van der Waals surface area (Å²) < 4.78 is 41.8. The van der Waals surface area contributed by atoms with Crippen molar-refractivity contribution in [3.8, 4) is 5.75 Å². The van der Waals surface area contributed by atoms with Crippen LogP contribution in [0.15, 0.2) is 18.2 Å². The van der Waals surface area contributed by atoms with Gasteiger partial charge in [0.1, 0.15) is 0 Å². The second-order valence-corrected chi connectivity index (χ2v) is 5.84. The molecule has 0 bridgehead atoms. The van der Waals surface area contributed by atoms with Gasteiger partial charge in [0.2, 0.25) is 5.91 Å². The summed E-state index contributed by atoms with van der Waals surface area (Å²) in [7, 11) is 0. The lowest BCUT2D eigenvalue weighted by molar-refractivity contribution is -0.117. The first kappa shape index (κ1) is 20.6. The standard InChI is InChI=1S/C16H21F3N2O2.ClH/c1-10(11-4-6-20-7-5-11)8-15(22)21-12-2-3-14(13(17)9-12)23-16(18)19;/h2-3,9-11,16,20H,4-8H2,1H3,(H,21,22);1H. The molecule has 24 heavy (non-hydrogen) atoms. The van der Waals surface area contributed by atoms with Gasteiger partial charge in [0, 0.05) is 18.2 Å². The van der Waals surface area contributed by atoms with Crippen molar-refractivity contribution in [3.63, 3.8) is 0 Å². The molecule has 1 fully saturated rings. The summed E-state index contributed by atoms with van der Waals surface area (Å²) in [4.78, 5) is 12.0. The lowest BCUT2D eigenvalue weighted by Crippen LogP contribution is -2.32. The Bertz CT molecular complexity index is 540. The van der Waals surface area contributed by atoms with Gasteiger partial charge in [0.05, 0.1) is 0 Å². The van der Waals surface area contributed by atoms with E-state index in [0.717, 1.165) is 38.1 Å². The van der Waals surface area contributed by atoms with E-state index in [-0.39, 0.29) is 29.9 Å². The summed E-state index contributed by atoms with van der Waals surface area (Å²) in [5, 5.41) is 5.88. The molecular formula is C16H22ClF3N2O2. The molecule has 8 heteroatoms. The van der Waals surface area contributed by atoms with E-state index in [4.69, 9.17) is 0 Å². The maximum atomic E-state index is 13.6. The zero-order valence-corrected chi connectivity index (χ0v) is 14.2. The zero-order valence-electron chi connectivity index (χ0n) is 13.4. The molecule has 0 aliphatic carbocycles. The van der Waals surface area contributed by atoms with Crippen LogP contribution in [0.25, 0.3) is 0 Å². The number of hydrogen-bond donors (Lipinski definition) is 2. The second-order valence-electron chi connectivity index (χ2n) is 5.84. The summed E-state index contributed by atoms with van der Waals surface area (Å²) in [6, 6.07) is 3.39. The SMILES string of the molecule is CC(CC(=O)Nc1ccc(OC(F)F)c(F)c1)C1CCNCC1.Cl. The first-order chi connectivity index (χ1) is 11.0. The van der Waals surface area contributed by atoms with E-state index < -0.39 is 18.2 Å². The molecule has 1 amide bonds. The predicted molar refractivity (Wildman–Crippen MR) is 88.3 cm³/mol. The highest BCUT2D eigenvalue weighted by Gasteiger charge is 2.22. The fourth-order valence-corrected chi connectivity index (χ4v) is 2.85. The number of anilines is 1. The highest BCUT2D eigenvalue weighted by Crippen LogP contribution is 2.26. The molecule has 1 aromatic carbocycles. The van der Waals surface area contributed by atoms with Gasteiger partial charge in [-0.1, -0.05) is 6.92 Å². The molecule has 0 spiro atoms. The molecule has 0 saturated carbocycles. The van der Waals surface area contributed by atoms with Crippen LogP contribution in [0.2, 0.25) is 0 Å². The van der Waals surface area contributed by atoms with Crippen molar-refractivity contribution in [2.24, 2.45) is 11.8 Å². The highest BCUT2D eigenvalue weighted by molar-refractivity contribution is 5.90. The molecule has 4 nitrogen and oxygen atoms in total. The molecule has 1 atom stereocenters. The number of ether oxygens (including phenoxy) is 1. The number of benzene rings is 1. The molecule has 1 saturated heterocycles. The van der Waals surface area contributed by atoms with Crippen molar-refractivity contribution in [3.05, 3.63) is 24.0 Å². The number of alkyl halides is 2. The van der Waals surface area contributed by atoms with Gasteiger partial charge in [-0.3, -0.25) is 4.79 Å². The number of hydrogen-bond acceptors (Lipinski definition) is 3. The molecule has 1 aliphatic rings. The molecule has 136 valence electrons. The number of halogens is 4. The van der Waals surface area contributed by atoms with Gasteiger partial charge in [0.25, 0.3) is 0 Å². The van der Waals surface area contributed by atoms with E-state index in [9.17, 15) is 18.0 Å². The lowest BCUT2D eigenvalue weighted by atomic mass is 9.84. The number of rotatable bonds is 6. The monoisotopic (exact) mass is 366 g/mol. The zero-order chi connectivity index (χ0) is 16.8. The molecule has 2 N–H and O–H groups in total. The molecule has 0 radical (unpaired) electrons.